The highest BCUT2D eigenvalue weighted by atomic mass is 79.9. The fourth-order valence-corrected chi connectivity index (χ4v) is 2.67. The Hall–Kier alpha value is -0.0600. The van der Waals surface area contributed by atoms with Gasteiger partial charge in [0.1, 0.15) is 5.03 Å². The summed E-state index contributed by atoms with van der Waals surface area (Å²) in [5.74, 6) is 0. The first kappa shape index (κ1) is 12.0. The molecular weight excluding hydrogens is 262 g/mol. The molecule has 1 atom stereocenters. The number of aryl methyl sites for hydroxylation is 1. The van der Waals surface area contributed by atoms with Crippen LogP contribution in [0.25, 0.3) is 0 Å². The minimum atomic E-state index is 0.234. The lowest BCUT2D eigenvalue weighted by Gasteiger charge is -2.09. The van der Waals surface area contributed by atoms with Crippen LogP contribution in [0.4, 0.5) is 0 Å². The van der Waals surface area contributed by atoms with Crippen molar-refractivity contribution in [2.24, 2.45) is 0 Å². The van der Waals surface area contributed by atoms with Crippen LogP contribution in [0.2, 0.25) is 0 Å². The second-order valence-electron chi connectivity index (χ2n) is 3.24. The Balaban J connectivity index is 2.67. The number of pyridine rings is 1. The molecule has 1 unspecified atom stereocenters. The summed E-state index contributed by atoms with van der Waals surface area (Å²) in [6.07, 6.45) is 2.66. The van der Waals surface area contributed by atoms with E-state index in [0.29, 0.717) is 5.25 Å². The molecule has 1 heterocycles. The summed E-state index contributed by atoms with van der Waals surface area (Å²) in [5, 5.41) is 10.2. The average molecular weight is 276 g/mol. The quantitative estimate of drug-likeness (QED) is 0.858. The van der Waals surface area contributed by atoms with E-state index >= 15 is 0 Å². The first-order chi connectivity index (χ1) is 6.63. The first-order valence-corrected chi connectivity index (χ1v) is 6.20. The van der Waals surface area contributed by atoms with E-state index in [1.165, 1.54) is 0 Å². The molecular formula is C10H14BrNOS. The molecule has 0 aliphatic heterocycles. The maximum atomic E-state index is 8.78. The SMILES string of the molecule is Cc1cnc(SC(C)CCO)c(Br)c1. The highest BCUT2D eigenvalue weighted by molar-refractivity contribution is 9.10. The summed E-state index contributed by atoms with van der Waals surface area (Å²) in [5.41, 5.74) is 1.15. The van der Waals surface area contributed by atoms with E-state index in [1.54, 1.807) is 11.8 Å². The van der Waals surface area contributed by atoms with Gasteiger partial charge in [-0.3, -0.25) is 0 Å². The monoisotopic (exact) mass is 275 g/mol. The Morgan fingerprint density at radius 1 is 1.64 bits per heavy atom. The van der Waals surface area contributed by atoms with Gasteiger partial charge in [0.2, 0.25) is 0 Å². The molecule has 0 bridgehead atoms. The minimum Gasteiger partial charge on any atom is -0.396 e. The lowest BCUT2D eigenvalue weighted by atomic mass is 10.3. The number of thioether (sulfide) groups is 1. The van der Waals surface area contributed by atoms with Gasteiger partial charge in [-0.05, 0) is 40.9 Å². The first-order valence-electron chi connectivity index (χ1n) is 4.53. The van der Waals surface area contributed by atoms with Crippen LogP contribution in [0.15, 0.2) is 21.8 Å². The van der Waals surface area contributed by atoms with Crippen molar-refractivity contribution in [2.75, 3.05) is 6.61 Å². The van der Waals surface area contributed by atoms with E-state index in [9.17, 15) is 0 Å². The lowest BCUT2D eigenvalue weighted by Crippen LogP contribution is -2.00. The molecule has 14 heavy (non-hydrogen) atoms. The third kappa shape index (κ3) is 3.59. The number of halogens is 1. The van der Waals surface area contributed by atoms with E-state index in [0.717, 1.165) is 21.5 Å². The van der Waals surface area contributed by atoms with Crippen LogP contribution in [-0.4, -0.2) is 21.9 Å². The molecule has 0 radical (unpaired) electrons. The molecule has 0 aromatic carbocycles. The molecule has 0 aliphatic carbocycles. The zero-order valence-electron chi connectivity index (χ0n) is 8.33. The van der Waals surface area contributed by atoms with Crippen molar-refractivity contribution in [1.82, 2.24) is 4.98 Å². The number of aliphatic hydroxyl groups is 1. The number of rotatable bonds is 4. The van der Waals surface area contributed by atoms with Crippen molar-refractivity contribution in [3.8, 4) is 0 Å². The predicted molar refractivity (Wildman–Crippen MR) is 63.7 cm³/mol. The normalized spacial score (nSPS) is 12.9. The van der Waals surface area contributed by atoms with E-state index in [2.05, 4.69) is 33.9 Å². The van der Waals surface area contributed by atoms with Crippen LogP contribution < -0.4 is 0 Å². The molecule has 0 saturated heterocycles. The van der Waals surface area contributed by atoms with Crippen molar-refractivity contribution in [3.05, 3.63) is 22.3 Å². The van der Waals surface area contributed by atoms with Gasteiger partial charge in [0, 0.05) is 18.1 Å². The van der Waals surface area contributed by atoms with Crippen LogP contribution >= 0.6 is 27.7 Å². The van der Waals surface area contributed by atoms with Crippen LogP contribution in [0.3, 0.4) is 0 Å². The second kappa shape index (κ2) is 5.73. The molecule has 1 aromatic heterocycles. The second-order valence-corrected chi connectivity index (χ2v) is 5.52. The number of aliphatic hydroxyl groups excluding tert-OH is 1. The molecule has 0 fully saturated rings. The third-order valence-electron chi connectivity index (χ3n) is 1.79. The molecule has 0 spiro atoms. The van der Waals surface area contributed by atoms with Crippen LogP contribution in [-0.2, 0) is 0 Å². The fraction of sp³-hybridized carbons (Fsp3) is 0.500. The van der Waals surface area contributed by atoms with Crippen molar-refractivity contribution < 1.29 is 5.11 Å². The lowest BCUT2D eigenvalue weighted by molar-refractivity contribution is 0.289. The molecule has 0 saturated carbocycles. The number of hydrogen-bond donors (Lipinski definition) is 1. The van der Waals surface area contributed by atoms with Crippen molar-refractivity contribution in [3.63, 3.8) is 0 Å². The molecule has 1 N–H and O–H groups in total. The van der Waals surface area contributed by atoms with Gasteiger partial charge in [-0.2, -0.15) is 0 Å². The summed E-state index contributed by atoms with van der Waals surface area (Å²) in [7, 11) is 0. The molecule has 78 valence electrons. The summed E-state index contributed by atoms with van der Waals surface area (Å²) < 4.78 is 1.03. The van der Waals surface area contributed by atoms with Crippen molar-refractivity contribution in [2.45, 2.75) is 30.5 Å². The summed E-state index contributed by atoms with van der Waals surface area (Å²) >= 11 is 5.17. The number of nitrogens with zero attached hydrogens (tertiary/aromatic N) is 1. The molecule has 0 amide bonds. The number of hydrogen-bond acceptors (Lipinski definition) is 3. The van der Waals surface area contributed by atoms with Gasteiger partial charge in [-0.15, -0.1) is 11.8 Å². The van der Waals surface area contributed by atoms with E-state index < -0.39 is 0 Å². The zero-order valence-corrected chi connectivity index (χ0v) is 10.7. The summed E-state index contributed by atoms with van der Waals surface area (Å²) in [4.78, 5) is 4.33. The standard InChI is InChI=1S/C10H14BrNOS/c1-7-5-9(11)10(12-6-7)14-8(2)3-4-13/h5-6,8,13H,3-4H2,1-2H3. The topological polar surface area (TPSA) is 33.1 Å². The molecule has 0 aliphatic rings. The molecule has 1 rings (SSSR count). The largest absolute Gasteiger partial charge is 0.396 e. The van der Waals surface area contributed by atoms with E-state index in [4.69, 9.17) is 5.11 Å². The summed E-state index contributed by atoms with van der Waals surface area (Å²) in [6.45, 7) is 4.34. The number of aromatic nitrogens is 1. The Morgan fingerprint density at radius 2 is 2.36 bits per heavy atom. The zero-order chi connectivity index (χ0) is 10.6. The van der Waals surface area contributed by atoms with E-state index in [1.807, 2.05) is 13.1 Å². The molecule has 4 heteroatoms. The van der Waals surface area contributed by atoms with Crippen molar-refractivity contribution >= 4 is 27.7 Å². The third-order valence-corrected chi connectivity index (χ3v) is 3.85. The minimum absolute atomic E-state index is 0.234. The van der Waals surface area contributed by atoms with E-state index in [-0.39, 0.29) is 6.61 Å². The fourth-order valence-electron chi connectivity index (χ4n) is 1.04. The highest BCUT2D eigenvalue weighted by Gasteiger charge is 2.08. The smallest absolute Gasteiger partial charge is 0.110 e. The van der Waals surface area contributed by atoms with Gasteiger partial charge in [-0.1, -0.05) is 6.92 Å². The Kier molecular flexibility index (Phi) is 4.92. The Bertz CT molecular complexity index is 306. The maximum absolute atomic E-state index is 8.78. The molecule has 1 aromatic rings. The van der Waals surface area contributed by atoms with Gasteiger partial charge in [0.25, 0.3) is 0 Å². The van der Waals surface area contributed by atoms with Gasteiger partial charge in [-0.25, -0.2) is 4.98 Å². The van der Waals surface area contributed by atoms with Gasteiger partial charge >= 0.3 is 0 Å². The average Bonchev–Trinajstić information content (AvgIpc) is 2.10. The Morgan fingerprint density at radius 3 is 2.93 bits per heavy atom. The van der Waals surface area contributed by atoms with Gasteiger partial charge in [0.05, 0.1) is 4.47 Å². The van der Waals surface area contributed by atoms with Gasteiger partial charge in [0.15, 0.2) is 0 Å². The predicted octanol–water partition coefficient (Wildman–Crippen LogP) is 3.02. The van der Waals surface area contributed by atoms with Crippen LogP contribution in [0, 0.1) is 6.92 Å². The van der Waals surface area contributed by atoms with Crippen molar-refractivity contribution in [1.29, 1.82) is 0 Å². The highest BCUT2D eigenvalue weighted by Crippen LogP contribution is 2.30. The Labute approximate surface area is 97.3 Å². The maximum Gasteiger partial charge on any atom is 0.110 e. The summed E-state index contributed by atoms with van der Waals surface area (Å²) in [6, 6.07) is 2.06. The molecule has 2 nitrogen and oxygen atoms in total. The van der Waals surface area contributed by atoms with Gasteiger partial charge < -0.3 is 5.11 Å². The van der Waals surface area contributed by atoms with Crippen LogP contribution in [0.1, 0.15) is 18.9 Å². The van der Waals surface area contributed by atoms with Crippen LogP contribution in [0.5, 0.6) is 0 Å².